The lowest BCUT2D eigenvalue weighted by atomic mass is 10.1. The smallest absolute Gasteiger partial charge is 0.129 e. The zero-order chi connectivity index (χ0) is 14.5. The molecular weight excluding hydrogens is 264 g/mol. The maximum Gasteiger partial charge on any atom is 0.129 e. The molecule has 0 atom stereocenters. The summed E-state index contributed by atoms with van der Waals surface area (Å²) < 4.78 is 36.7. The molecule has 106 valence electrons. The molecular formula is C15H15F2NO2. The molecule has 0 amide bonds. The number of halogens is 2. The van der Waals surface area contributed by atoms with Crippen LogP contribution < -0.4 is 15.2 Å². The highest BCUT2D eigenvalue weighted by molar-refractivity contribution is 5.37. The Morgan fingerprint density at radius 2 is 1.75 bits per heavy atom. The minimum atomic E-state index is -0.678. The quantitative estimate of drug-likeness (QED) is 0.915. The fourth-order valence-electron chi connectivity index (χ4n) is 1.84. The van der Waals surface area contributed by atoms with E-state index in [1.54, 1.807) is 13.2 Å². The van der Waals surface area contributed by atoms with Gasteiger partial charge < -0.3 is 15.2 Å². The van der Waals surface area contributed by atoms with Gasteiger partial charge in [-0.25, -0.2) is 8.78 Å². The Kier molecular flexibility index (Phi) is 4.53. The van der Waals surface area contributed by atoms with E-state index >= 15 is 0 Å². The molecule has 20 heavy (non-hydrogen) atoms. The van der Waals surface area contributed by atoms with Crippen LogP contribution in [0.15, 0.2) is 36.4 Å². The van der Waals surface area contributed by atoms with Gasteiger partial charge in [0.15, 0.2) is 0 Å². The third kappa shape index (κ3) is 3.45. The second kappa shape index (κ2) is 6.34. The number of benzene rings is 2. The molecule has 3 nitrogen and oxygen atoms in total. The van der Waals surface area contributed by atoms with Crippen LogP contribution >= 0.6 is 0 Å². The first-order chi connectivity index (χ1) is 9.62. The summed E-state index contributed by atoms with van der Waals surface area (Å²) in [6.45, 7) is 0.533. The minimum Gasteiger partial charge on any atom is -0.496 e. The first-order valence-corrected chi connectivity index (χ1v) is 6.07. The highest BCUT2D eigenvalue weighted by Crippen LogP contribution is 2.23. The van der Waals surface area contributed by atoms with Crippen molar-refractivity contribution in [2.24, 2.45) is 5.73 Å². The highest BCUT2D eigenvalue weighted by atomic mass is 19.1. The Morgan fingerprint density at radius 1 is 1.05 bits per heavy atom. The van der Waals surface area contributed by atoms with Crippen LogP contribution in [0.1, 0.15) is 11.1 Å². The van der Waals surface area contributed by atoms with Crippen molar-refractivity contribution in [3.05, 3.63) is 59.2 Å². The summed E-state index contributed by atoms with van der Waals surface area (Å²) >= 11 is 0. The molecule has 0 heterocycles. The van der Waals surface area contributed by atoms with Gasteiger partial charge in [-0.2, -0.15) is 0 Å². The van der Waals surface area contributed by atoms with Gasteiger partial charge >= 0.3 is 0 Å². The van der Waals surface area contributed by atoms with Crippen molar-refractivity contribution in [2.45, 2.75) is 13.2 Å². The summed E-state index contributed by atoms with van der Waals surface area (Å²) in [7, 11) is 1.54. The van der Waals surface area contributed by atoms with Gasteiger partial charge in [0.2, 0.25) is 0 Å². The van der Waals surface area contributed by atoms with Crippen molar-refractivity contribution in [2.75, 3.05) is 7.11 Å². The molecule has 0 aromatic heterocycles. The fourth-order valence-corrected chi connectivity index (χ4v) is 1.84. The van der Waals surface area contributed by atoms with Crippen molar-refractivity contribution in [1.82, 2.24) is 0 Å². The van der Waals surface area contributed by atoms with Crippen LogP contribution in [-0.4, -0.2) is 7.11 Å². The van der Waals surface area contributed by atoms with Gasteiger partial charge in [-0.1, -0.05) is 6.07 Å². The lowest BCUT2D eigenvalue weighted by molar-refractivity contribution is 0.293. The molecule has 0 aliphatic rings. The summed E-state index contributed by atoms with van der Waals surface area (Å²) in [5.41, 5.74) is 7.27. The summed E-state index contributed by atoms with van der Waals surface area (Å²) in [5.74, 6) is -0.591. The molecule has 2 aromatic rings. The Balaban J connectivity index is 2.17. The molecule has 0 saturated heterocycles. The molecule has 0 radical (unpaired) electrons. The zero-order valence-corrected chi connectivity index (χ0v) is 11.0. The largest absolute Gasteiger partial charge is 0.496 e. The van der Waals surface area contributed by atoms with Crippen LogP contribution in [0.5, 0.6) is 11.5 Å². The molecule has 2 rings (SSSR count). The standard InChI is InChI=1S/C15H15F2NO2/c1-19-15-3-2-10(8-18)4-11(15)9-20-14-6-12(16)5-13(17)7-14/h2-7H,8-9,18H2,1H3. The SMILES string of the molecule is COc1ccc(CN)cc1COc1cc(F)cc(F)c1. The molecule has 0 spiro atoms. The average Bonchev–Trinajstić information content (AvgIpc) is 2.43. The van der Waals surface area contributed by atoms with Gasteiger partial charge in [-0.15, -0.1) is 0 Å². The highest BCUT2D eigenvalue weighted by Gasteiger charge is 2.07. The Bertz CT molecular complexity index is 582. The molecule has 0 saturated carbocycles. The molecule has 0 aliphatic carbocycles. The predicted molar refractivity (Wildman–Crippen MR) is 71.6 cm³/mol. The lowest BCUT2D eigenvalue weighted by Gasteiger charge is -2.12. The third-order valence-corrected chi connectivity index (χ3v) is 2.81. The number of rotatable bonds is 5. The number of ether oxygens (including phenoxy) is 2. The monoisotopic (exact) mass is 279 g/mol. The summed E-state index contributed by atoms with van der Waals surface area (Å²) in [6.07, 6.45) is 0. The van der Waals surface area contributed by atoms with Gasteiger partial charge in [-0.05, 0) is 17.7 Å². The van der Waals surface area contributed by atoms with Crippen molar-refractivity contribution in [1.29, 1.82) is 0 Å². The first-order valence-electron chi connectivity index (χ1n) is 6.07. The van der Waals surface area contributed by atoms with E-state index in [0.717, 1.165) is 29.3 Å². The maximum absolute atomic E-state index is 13.1. The van der Waals surface area contributed by atoms with E-state index < -0.39 is 11.6 Å². The molecule has 0 fully saturated rings. The lowest BCUT2D eigenvalue weighted by Crippen LogP contribution is -2.03. The zero-order valence-electron chi connectivity index (χ0n) is 11.0. The maximum atomic E-state index is 13.1. The third-order valence-electron chi connectivity index (χ3n) is 2.81. The Labute approximate surface area is 115 Å². The molecule has 5 heteroatoms. The van der Waals surface area contributed by atoms with Crippen molar-refractivity contribution in [3.63, 3.8) is 0 Å². The molecule has 2 N–H and O–H groups in total. The van der Waals surface area contributed by atoms with E-state index in [4.69, 9.17) is 15.2 Å². The Morgan fingerprint density at radius 3 is 2.35 bits per heavy atom. The number of hydrogen-bond donors (Lipinski definition) is 1. The average molecular weight is 279 g/mol. The predicted octanol–water partition coefficient (Wildman–Crippen LogP) is 3.01. The van der Waals surface area contributed by atoms with E-state index in [0.29, 0.717) is 12.3 Å². The van der Waals surface area contributed by atoms with Crippen molar-refractivity contribution < 1.29 is 18.3 Å². The van der Waals surface area contributed by atoms with Crippen molar-refractivity contribution in [3.8, 4) is 11.5 Å². The summed E-state index contributed by atoms with van der Waals surface area (Å²) in [6, 6.07) is 8.53. The molecule has 0 aliphatic heterocycles. The van der Waals surface area contributed by atoms with E-state index in [9.17, 15) is 8.78 Å². The van der Waals surface area contributed by atoms with Gasteiger partial charge in [0.1, 0.15) is 29.7 Å². The first kappa shape index (κ1) is 14.3. The van der Waals surface area contributed by atoms with E-state index in [2.05, 4.69) is 0 Å². The summed E-state index contributed by atoms with van der Waals surface area (Å²) in [5, 5.41) is 0. The van der Waals surface area contributed by atoms with Crippen molar-refractivity contribution >= 4 is 0 Å². The van der Waals surface area contributed by atoms with Crippen LogP contribution in [-0.2, 0) is 13.2 Å². The van der Waals surface area contributed by atoms with Gasteiger partial charge in [-0.3, -0.25) is 0 Å². The normalized spacial score (nSPS) is 10.4. The van der Waals surface area contributed by atoms with Crippen LogP contribution in [0, 0.1) is 11.6 Å². The fraction of sp³-hybridized carbons (Fsp3) is 0.200. The number of hydrogen-bond acceptors (Lipinski definition) is 3. The molecule has 2 aromatic carbocycles. The van der Waals surface area contributed by atoms with E-state index in [1.165, 1.54) is 0 Å². The summed E-state index contributed by atoms with van der Waals surface area (Å²) in [4.78, 5) is 0. The van der Waals surface area contributed by atoms with Crippen LogP contribution in [0.2, 0.25) is 0 Å². The second-order valence-corrected chi connectivity index (χ2v) is 4.24. The van der Waals surface area contributed by atoms with Crippen LogP contribution in [0.4, 0.5) is 8.78 Å². The van der Waals surface area contributed by atoms with Crippen LogP contribution in [0.25, 0.3) is 0 Å². The number of nitrogens with two attached hydrogens (primary N) is 1. The minimum absolute atomic E-state index is 0.128. The second-order valence-electron chi connectivity index (χ2n) is 4.24. The number of methoxy groups -OCH3 is 1. The van der Waals surface area contributed by atoms with Crippen LogP contribution in [0.3, 0.4) is 0 Å². The Hall–Kier alpha value is -2.14. The molecule has 0 unspecified atom stereocenters. The molecule has 0 bridgehead atoms. The van der Waals surface area contributed by atoms with Gasteiger partial charge in [0.05, 0.1) is 7.11 Å². The topological polar surface area (TPSA) is 44.5 Å². The van der Waals surface area contributed by atoms with E-state index in [-0.39, 0.29) is 12.4 Å². The van der Waals surface area contributed by atoms with Gasteiger partial charge in [0.25, 0.3) is 0 Å². The van der Waals surface area contributed by atoms with Gasteiger partial charge in [0, 0.05) is 30.3 Å². The van der Waals surface area contributed by atoms with E-state index in [1.807, 2.05) is 12.1 Å².